The number of nitrogens with one attached hydrogen (secondary N) is 1. The number of carbonyl (C=O) groups is 2. The monoisotopic (exact) mass is 403 g/mol. The Kier molecular flexibility index (Phi) is 5.91. The van der Waals surface area contributed by atoms with E-state index in [0.29, 0.717) is 5.02 Å². The number of β-amino-alcohol motifs (C(OH)–C–C–N with tert-alkyl or cyclic N) is 1. The van der Waals surface area contributed by atoms with Gasteiger partial charge in [0.25, 0.3) is 11.6 Å². The molecule has 1 aliphatic heterocycles. The highest BCUT2D eigenvalue weighted by Gasteiger charge is 2.39. The van der Waals surface area contributed by atoms with Crippen molar-refractivity contribution in [1.29, 1.82) is 0 Å². The van der Waals surface area contributed by atoms with Gasteiger partial charge >= 0.3 is 0 Å². The lowest BCUT2D eigenvalue weighted by Gasteiger charge is -2.23. The average molecular weight is 404 g/mol. The molecule has 2 aromatic rings. The van der Waals surface area contributed by atoms with Gasteiger partial charge in [0.15, 0.2) is 0 Å². The minimum absolute atomic E-state index is 0.0227. The average Bonchev–Trinajstić information content (AvgIpc) is 3.08. The zero-order valence-corrected chi connectivity index (χ0v) is 15.5. The number of likely N-dealkylation sites (tertiary alicyclic amines) is 1. The van der Waals surface area contributed by atoms with Crippen molar-refractivity contribution in [2.24, 2.45) is 0 Å². The Balaban J connectivity index is 1.69. The molecule has 0 bridgehead atoms. The van der Waals surface area contributed by atoms with Gasteiger partial charge in [-0.15, -0.1) is 0 Å². The molecule has 0 spiro atoms. The summed E-state index contributed by atoms with van der Waals surface area (Å²) in [6.45, 7) is 0.289. The fraction of sp³-hybridized carbons (Fsp3) is 0.263. The number of nitro benzene ring substituents is 1. The van der Waals surface area contributed by atoms with Crippen LogP contribution in [0.3, 0.4) is 0 Å². The lowest BCUT2D eigenvalue weighted by molar-refractivity contribution is -0.384. The van der Waals surface area contributed by atoms with Gasteiger partial charge in [-0.2, -0.15) is 0 Å². The first-order valence-electron chi connectivity index (χ1n) is 8.61. The lowest BCUT2D eigenvalue weighted by atomic mass is 10.1. The molecular formula is C19H18ClN3O5. The summed E-state index contributed by atoms with van der Waals surface area (Å²) in [5, 5.41) is 24.1. The van der Waals surface area contributed by atoms with Crippen molar-refractivity contribution in [3.63, 3.8) is 0 Å². The Morgan fingerprint density at radius 3 is 2.43 bits per heavy atom. The molecule has 1 aliphatic rings. The van der Waals surface area contributed by atoms with Crippen LogP contribution in [0.5, 0.6) is 0 Å². The molecule has 1 heterocycles. The van der Waals surface area contributed by atoms with Crippen LogP contribution < -0.4 is 5.32 Å². The Bertz CT molecular complexity index is 885. The number of nitrogens with zero attached hydrogens (tertiary/aromatic N) is 2. The number of rotatable bonds is 5. The summed E-state index contributed by atoms with van der Waals surface area (Å²) in [5.41, 5.74) is 0.940. The SMILES string of the molecule is O=C(NCc1ccc(Cl)cc1)[C@@H]1C[C@@H](O)CN1C(=O)c1ccc([N+](=O)[O-])cc1. The molecule has 0 unspecified atom stereocenters. The molecular weight excluding hydrogens is 386 g/mol. The zero-order chi connectivity index (χ0) is 20.3. The molecule has 9 heteroatoms. The normalized spacial score (nSPS) is 18.7. The standard InChI is InChI=1S/C19H18ClN3O5/c20-14-5-1-12(2-6-14)10-21-18(25)17-9-16(24)11-22(17)19(26)13-3-7-15(8-4-13)23(27)28/h1-8,16-17,24H,9-11H2,(H,21,25)/t16-,17+/m1/s1. The van der Waals surface area contributed by atoms with E-state index in [1.165, 1.54) is 29.2 Å². The molecule has 28 heavy (non-hydrogen) atoms. The maximum absolute atomic E-state index is 12.8. The van der Waals surface area contributed by atoms with Crippen LogP contribution in [-0.4, -0.2) is 45.4 Å². The number of nitro groups is 1. The van der Waals surface area contributed by atoms with Crippen LogP contribution in [-0.2, 0) is 11.3 Å². The number of non-ortho nitro benzene ring substituents is 1. The summed E-state index contributed by atoms with van der Waals surface area (Å²) >= 11 is 5.84. The largest absolute Gasteiger partial charge is 0.391 e. The second-order valence-electron chi connectivity index (χ2n) is 6.51. The minimum atomic E-state index is -0.815. The van der Waals surface area contributed by atoms with Gasteiger partial charge in [0.1, 0.15) is 6.04 Å². The third kappa shape index (κ3) is 4.47. The maximum Gasteiger partial charge on any atom is 0.269 e. The molecule has 2 N–H and O–H groups in total. The van der Waals surface area contributed by atoms with Crippen LogP contribution in [0.2, 0.25) is 5.02 Å². The molecule has 2 amide bonds. The topological polar surface area (TPSA) is 113 Å². The highest BCUT2D eigenvalue weighted by Crippen LogP contribution is 2.22. The van der Waals surface area contributed by atoms with Crippen molar-refractivity contribution in [2.75, 3.05) is 6.54 Å². The maximum atomic E-state index is 12.8. The Hall–Kier alpha value is -2.97. The zero-order valence-electron chi connectivity index (χ0n) is 14.7. The number of aliphatic hydroxyl groups excluding tert-OH is 1. The van der Waals surface area contributed by atoms with Crippen LogP contribution in [0.1, 0.15) is 22.3 Å². The quantitative estimate of drug-likeness (QED) is 0.586. The van der Waals surface area contributed by atoms with E-state index in [2.05, 4.69) is 5.32 Å². The third-order valence-electron chi connectivity index (χ3n) is 4.55. The number of halogens is 1. The first-order valence-corrected chi connectivity index (χ1v) is 8.98. The number of aliphatic hydroxyl groups is 1. The summed E-state index contributed by atoms with van der Waals surface area (Å²) in [6, 6.07) is 11.3. The molecule has 1 saturated heterocycles. The van der Waals surface area contributed by atoms with Gasteiger partial charge < -0.3 is 15.3 Å². The van der Waals surface area contributed by atoms with E-state index < -0.39 is 23.0 Å². The third-order valence-corrected chi connectivity index (χ3v) is 4.80. The van der Waals surface area contributed by atoms with E-state index in [4.69, 9.17) is 11.6 Å². The predicted octanol–water partition coefficient (Wildman–Crippen LogP) is 2.14. The molecule has 0 radical (unpaired) electrons. The molecule has 1 fully saturated rings. The second kappa shape index (κ2) is 8.37. The fourth-order valence-electron chi connectivity index (χ4n) is 3.09. The number of carbonyl (C=O) groups excluding carboxylic acids is 2. The summed E-state index contributed by atoms with van der Waals surface area (Å²) in [4.78, 5) is 36.8. The minimum Gasteiger partial charge on any atom is -0.391 e. The highest BCUT2D eigenvalue weighted by atomic mass is 35.5. The van der Waals surface area contributed by atoms with Crippen LogP contribution in [0.4, 0.5) is 5.69 Å². The first-order chi connectivity index (χ1) is 13.3. The number of amides is 2. The second-order valence-corrected chi connectivity index (χ2v) is 6.95. The van der Waals surface area contributed by atoms with Crippen molar-refractivity contribution in [3.05, 3.63) is 74.8 Å². The number of hydrogen-bond acceptors (Lipinski definition) is 5. The van der Waals surface area contributed by atoms with Crippen LogP contribution >= 0.6 is 11.6 Å². The van der Waals surface area contributed by atoms with Crippen LogP contribution in [0, 0.1) is 10.1 Å². The van der Waals surface area contributed by atoms with E-state index in [1.54, 1.807) is 24.3 Å². The summed E-state index contributed by atoms with van der Waals surface area (Å²) in [7, 11) is 0. The smallest absolute Gasteiger partial charge is 0.269 e. The number of benzene rings is 2. The fourth-order valence-corrected chi connectivity index (χ4v) is 3.21. The van der Waals surface area contributed by atoms with E-state index >= 15 is 0 Å². The van der Waals surface area contributed by atoms with Crippen molar-refractivity contribution in [3.8, 4) is 0 Å². The van der Waals surface area contributed by atoms with Crippen molar-refractivity contribution in [1.82, 2.24) is 10.2 Å². The molecule has 0 saturated carbocycles. The van der Waals surface area contributed by atoms with Crippen molar-refractivity contribution in [2.45, 2.75) is 25.1 Å². The molecule has 2 atom stereocenters. The molecule has 0 aliphatic carbocycles. The predicted molar refractivity (Wildman–Crippen MR) is 102 cm³/mol. The molecule has 8 nitrogen and oxygen atoms in total. The Labute approximate surface area is 165 Å². The lowest BCUT2D eigenvalue weighted by Crippen LogP contribution is -2.45. The van der Waals surface area contributed by atoms with Crippen molar-refractivity contribution >= 4 is 29.1 Å². The molecule has 146 valence electrons. The number of hydrogen-bond donors (Lipinski definition) is 2. The molecule has 2 aromatic carbocycles. The van der Waals surface area contributed by atoms with E-state index in [-0.39, 0.29) is 36.7 Å². The molecule has 3 rings (SSSR count). The molecule has 0 aromatic heterocycles. The van der Waals surface area contributed by atoms with Gasteiger partial charge in [0.05, 0.1) is 11.0 Å². The summed E-state index contributed by atoms with van der Waals surface area (Å²) in [5.74, 6) is -0.833. The van der Waals surface area contributed by atoms with Gasteiger partial charge in [-0.3, -0.25) is 19.7 Å². The Morgan fingerprint density at radius 1 is 1.18 bits per heavy atom. The Morgan fingerprint density at radius 2 is 1.82 bits per heavy atom. The van der Waals surface area contributed by atoms with E-state index in [9.17, 15) is 24.8 Å². The summed E-state index contributed by atoms with van der Waals surface area (Å²) in [6.07, 6.45) is -0.682. The van der Waals surface area contributed by atoms with Gasteiger partial charge in [-0.05, 0) is 29.8 Å². The van der Waals surface area contributed by atoms with Gasteiger partial charge in [0.2, 0.25) is 5.91 Å². The van der Waals surface area contributed by atoms with Crippen LogP contribution in [0.25, 0.3) is 0 Å². The van der Waals surface area contributed by atoms with Gasteiger partial charge in [0, 0.05) is 42.2 Å². The first kappa shape index (κ1) is 19.8. The van der Waals surface area contributed by atoms with Crippen LogP contribution in [0.15, 0.2) is 48.5 Å². The summed E-state index contributed by atoms with van der Waals surface area (Å²) < 4.78 is 0. The van der Waals surface area contributed by atoms with E-state index in [0.717, 1.165) is 5.56 Å². The van der Waals surface area contributed by atoms with Crippen molar-refractivity contribution < 1.29 is 19.6 Å². The van der Waals surface area contributed by atoms with E-state index in [1.807, 2.05) is 0 Å². The van der Waals surface area contributed by atoms with Gasteiger partial charge in [-0.25, -0.2) is 0 Å². The highest BCUT2D eigenvalue weighted by molar-refractivity contribution is 6.30. The van der Waals surface area contributed by atoms with Gasteiger partial charge in [-0.1, -0.05) is 23.7 Å².